The van der Waals surface area contributed by atoms with Crippen LogP contribution in [-0.4, -0.2) is 41.0 Å². The molecule has 0 radical (unpaired) electrons. The van der Waals surface area contributed by atoms with Gasteiger partial charge in [0.25, 0.3) is 5.91 Å². The lowest BCUT2D eigenvalue weighted by atomic mass is 10.0. The average Bonchev–Trinajstić information content (AvgIpc) is 3.15. The van der Waals surface area contributed by atoms with E-state index in [1.165, 1.54) is 12.1 Å². The molecule has 0 spiro atoms. The molecule has 0 fully saturated rings. The van der Waals surface area contributed by atoms with Gasteiger partial charge in [-0.2, -0.15) is 5.10 Å². The van der Waals surface area contributed by atoms with Gasteiger partial charge in [-0.25, -0.2) is 9.80 Å². The SMILES string of the molecule is CCOC(=O)C1CC(C(=O)c2cc(Cl)ccc2N)=NN1C(=O)c1ccccc1. The Kier molecular flexibility index (Phi) is 5.75. The molecule has 144 valence electrons. The highest BCUT2D eigenvalue weighted by atomic mass is 35.5. The van der Waals surface area contributed by atoms with Crippen molar-refractivity contribution in [2.45, 2.75) is 19.4 Å². The van der Waals surface area contributed by atoms with Gasteiger partial charge in [0.2, 0.25) is 5.78 Å². The third-order valence-electron chi connectivity index (χ3n) is 4.22. The number of anilines is 1. The lowest BCUT2D eigenvalue weighted by molar-refractivity contribution is -0.147. The summed E-state index contributed by atoms with van der Waals surface area (Å²) >= 11 is 5.96. The first-order chi connectivity index (χ1) is 13.4. The van der Waals surface area contributed by atoms with Crippen molar-refractivity contribution in [2.24, 2.45) is 5.10 Å². The Labute approximate surface area is 166 Å². The number of hydrazone groups is 1. The van der Waals surface area contributed by atoms with Gasteiger partial charge in [-0.1, -0.05) is 29.8 Å². The van der Waals surface area contributed by atoms with Crippen molar-refractivity contribution in [1.29, 1.82) is 0 Å². The Bertz CT molecular complexity index is 959. The van der Waals surface area contributed by atoms with Gasteiger partial charge in [0.1, 0.15) is 5.71 Å². The molecule has 7 nitrogen and oxygen atoms in total. The predicted molar refractivity (Wildman–Crippen MR) is 105 cm³/mol. The number of ketones is 1. The molecule has 0 aliphatic carbocycles. The molecule has 28 heavy (non-hydrogen) atoms. The molecule has 2 aromatic rings. The zero-order valence-electron chi connectivity index (χ0n) is 15.1. The number of halogens is 1. The van der Waals surface area contributed by atoms with E-state index < -0.39 is 23.7 Å². The third-order valence-corrected chi connectivity index (χ3v) is 4.46. The van der Waals surface area contributed by atoms with E-state index in [2.05, 4.69) is 5.10 Å². The van der Waals surface area contributed by atoms with Crippen molar-refractivity contribution >= 4 is 40.7 Å². The molecule has 3 rings (SSSR count). The van der Waals surface area contributed by atoms with E-state index in [1.54, 1.807) is 43.3 Å². The van der Waals surface area contributed by atoms with E-state index >= 15 is 0 Å². The second-order valence-electron chi connectivity index (χ2n) is 6.10. The Morgan fingerprint density at radius 1 is 1.21 bits per heavy atom. The average molecular weight is 400 g/mol. The summed E-state index contributed by atoms with van der Waals surface area (Å²) in [6, 6.07) is 11.9. The van der Waals surface area contributed by atoms with E-state index in [0.29, 0.717) is 10.6 Å². The van der Waals surface area contributed by atoms with Crippen LogP contribution >= 0.6 is 11.6 Å². The van der Waals surface area contributed by atoms with Crippen LogP contribution in [0.3, 0.4) is 0 Å². The maximum absolute atomic E-state index is 12.9. The number of amides is 1. The molecule has 0 saturated carbocycles. The Balaban J connectivity index is 1.96. The summed E-state index contributed by atoms with van der Waals surface area (Å²) in [5.74, 6) is -1.62. The molecular weight excluding hydrogens is 382 g/mol. The van der Waals surface area contributed by atoms with Crippen LogP contribution in [0.4, 0.5) is 5.69 Å². The molecule has 1 aliphatic rings. The number of esters is 1. The highest BCUT2D eigenvalue weighted by Crippen LogP contribution is 2.25. The van der Waals surface area contributed by atoms with E-state index in [1.807, 2.05) is 0 Å². The molecule has 1 heterocycles. The number of ether oxygens (including phenoxy) is 1. The minimum atomic E-state index is -1.02. The highest BCUT2D eigenvalue weighted by molar-refractivity contribution is 6.48. The molecular formula is C20H18ClN3O4. The number of Topliss-reactive ketones (excluding diaryl/α,β-unsaturated/α-hetero) is 1. The summed E-state index contributed by atoms with van der Waals surface area (Å²) in [7, 11) is 0. The van der Waals surface area contributed by atoms with Gasteiger partial charge in [0.15, 0.2) is 6.04 Å². The number of benzene rings is 2. The molecule has 2 N–H and O–H groups in total. The summed E-state index contributed by atoms with van der Waals surface area (Å²) < 4.78 is 5.06. The monoisotopic (exact) mass is 399 g/mol. The lowest BCUT2D eigenvalue weighted by Crippen LogP contribution is -2.39. The minimum Gasteiger partial charge on any atom is -0.464 e. The van der Waals surface area contributed by atoms with Crippen LogP contribution in [0.1, 0.15) is 34.1 Å². The second-order valence-corrected chi connectivity index (χ2v) is 6.53. The fourth-order valence-electron chi connectivity index (χ4n) is 2.85. The molecule has 0 saturated heterocycles. The largest absolute Gasteiger partial charge is 0.464 e. The molecule has 0 aromatic heterocycles. The topological polar surface area (TPSA) is 102 Å². The van der Waals surface area contributed by atoms with Crippen LogP contribution in [-0.2, 0) is 9.53 Å². The number of hydrogen-bond donors (Lipinski definition) is 1. The summed E-state index contributed by atoms with van der Waals surface area (Å²) in [6.07, 6.45) is -0.0673. The number of nitrogens with two attached hydrogens (primary N) is 1. The molecule has 0 bridgehead atoms. The van der Waals surface area contributed by atoms with Crippen molar-refractivity contribution in [3.8, 4) is 0 Å². The molecule has 8 heteroatoms. The van der Waals surface area contributed by atoms with Crippen LogP contribution in [0.5, 0.6) is 0 Å². The van der Waals surface area contributed by atoms with Gasteiger partial charge in [-0.15, -0.1) is 0 Å². The maximum atomic E-state index is 12.9. The Morgan fingerprint density at radius 2 is 1.93 bits per heavy atom. The summed E-state index contributed by atoms with van der Waals surface area (Å²) in [5.41, 5.74) is 6.66. The van der Waals surface area contributed by atoms with Crippen molar-refractivity contribution in [2.75, 3.05) is 12.3 Å². The van der Waals surface area contributed by atoms with E-state index in [-0.39, 0.29) is 30.0 Å². The van der Waals surface area contributed by atoms with E-state index in [4.69, 9.17) is 22.1 Å². The summed E-state index contributed by atoms with van der Waals surface area (Å²) in [4.78, 5) is 38.1. The van der Waals surface area contributed by atoms with Gasteiger partial charge in [0.05, 0.1) is 6.61 Å². The van der Waals surface area contributed by atoms with Gasteiger partial charge < -0.3 is 10.5 Å². The fraction of sp³-hybridized carbons (Fsp3) is 0.200. The number of nitrogen functional groups attached to an aromatic ring is 1. The normalized spacial score (nSPS) is 15.9. The first-order valence-electron chi connectivity index (χ1n) is 8.64. The Morgan fingerprint density at radius 3 is 2.61 bits per heavy atom. The number of rotatable bonds is 5. The maximum Gasteiger partial charge on any atom is 0.331 e. The molecule has 1 aliphatic heterocycles. The van der Waals surface area contributed by atoms with Crippen LogP contribution in [0, 0.1) is 0 Å². The standard InChI is InChI=1S/C20H18ClN3O4/c1-2-28-20(27)17-11-16(18(25)14-10-13(21)8-9-15(14)22)23-24(17)19(26)12-6-4-3-5-7-12/h3-10,17H,2,11,22H2,1H3. The zero-order valence-corrected chi connectivity index (χ0v) is 15.8. The first kappa shape index (κ1) is 19.6. The van der Waals surface area contributed by atoms with Crippen LogP contribution < -0.4 is 5.73 Å². The quantitative estimate of drug-likeness (QED) is 0.473. The van der Waals surface area contributed by atoms with Crippen molar-refractivity contribution in [3.05, 3.63) is 64.7 Å². The molecule has 2 aromatic carbocycles. The first-order valence-corrected chi connectivity index (χ1v) is 9.02. The summed E-state index contributed by atoms with van der Waals surface area (Å²) in [5, 5.41) is 5.49. The zero-order chi connectivity index (χ0) is 20.3. The van der Waals surface area contributed by atoms with Gasteiger partial charge in [-0.3, -0.25) is 9.59 Å². The van der Waals surface area contributed by atoms with Crippen LogP contribution in [0.25, 0.3) is 0 Å². The van der Waals surface area contributed by atoms with Crippen molar-refractivity contribution in [1.82, 2.24) is 5.01 Å². The molecule has 1 atom stereocenters. The van der Waals surface area contributed by atoms with Crippen molar-refractivity contribution < 1.29 is 19.1 Å². The van der Waals surface area contributed by atoms with Crippen molar-refractivity contribution in [3.63, 3.8) is 0 Å². The fourth-order valence-corrected chi connectivity index (χ4v) is 3.02. The van der Waals surface area contributed by atoms with Crippen LogP contribution in [0.15, 0.2) is 53.6 Å². The smallest absolute Gasteiger partial charge is 0.331 e. The van der Waals surface area contributed by atoms with E-state index in [9.17, 15) is 14.4 Å². The summed E-state index contributed by atoms with van der Waals surface area (Å²) in [6.45, 7) is 1.81. The number of carbonyl (C=O) groups is 3. The predicted octanol–water partition coefficient (Wildman–Crippen LogP) is 2.94. The Hall–Kier alpha value is -3.19. The number of carbonyl (C=O) groups excluding carboxylic acids is 3. The van der Waals surface area contributed by atoms with Gasteiger partial charge in [0, 0.05) is 28.3 Å². The number of nitrogens with zero attached hydrogens (tertiary/aromatic N) is 2. The second kappa shape index (κ2) is 8.22. The lowest BCUT2D eigenvalue weighted by Gasteiger charge is -2.19. The van der Waals surface area contributed by atoms with E-state index in [0.717, 1.165) is 5.01 Å². The molecule has 1 unspecified atom stereocenters. The number of hydrogen-bond acceptors (Lipinski definition) is 6. The minimum absolute atomic E-state index is 0.0382. The van der Waals surface area contributed by atoms with Gasteiger partial charge in [-0.05, 0) is 37.3 Å². The third kappa shape index (κ3) is 3.89. The van der Waals surface area contributed by atoms with Crippen LogP contribution in [0.2, 0.25) is 5.02 Å². The molecule has 1 amide bonds. The van der Waals surface area contributed by atoms with Gasteiger partial charge >= 0.3 is 5.97 Å². The highest BCUT2D eigenvalue weighted by Gasteiger charge is 2.40.